The Labute approximate surface area is 173 Å². The van der Waals surface area contributed by atoms with Gasteiger partial charge in [-0.3, -0.25) is 0 Å². The monoisotopic (exact) mass is 401 g/mol. The first-order valence-corrected chi connectivity index (χ1v) is 10.5. The van der Waals surface area contributed by atoms with Crippen LogP contribution < -0.4 is 9.47 Å². The Bertz CT molecular complexity index is 1040. The van der Waals surface area contributed by atoms with Gasteiger partial charge in [-0.05, 0) is 12.1 Å². The quantitative estimate of drug-likeness (QED) is 0.387. The fourth-order valence-corrected chi connectivity index (χ4v) is 4.04. The zero-order valence-corrected chi connectivity index (χ0v) is 16.5. The molecule has 0 radical (unpaired) electrons. The van der Waals surface area contributed by atoms with Gasteiger partial charge in [0.15, 0.2) is 17.3 Å². The van der Waals surface area contributed by atoms with Crippen molar-refractivity contribution in [3.63, 3.8) is 0 Å². The van der Waals surface area contributed by atoms with Crippen molar-refractivity contribution >= 4 is 11.8 Å². The molecule has 3 aromatic carbocycles. The number of nitrogens with zero attached hydrogens (tertiary/aromatic N) is 1. The maximum Gasteiger partial charge on any atom is 0.256 e. The Balaban J connectivity index is 1.38. The number of hydrogen-bond acceptors (Lipinski definition) is 5. The van der Waals surface area contributed by atoms with Crippen LogP contribution in [0.4, 0.5) is 0 Å². The topological polar surface area (TPSA) is 44.5 Å². The van der Waals surface area contributed by atoms with Crippen molar-refractivity contribution in [2.45, 2.75) is 11.3 Å². The molecule has 0 N–H and O–H groups in total. The molecule has 144 valence electrons. The summed E-state index contributed by atoms with van der Waals surface area (Å²) in [5.41, 5.74) is 2.90. The van der Waals surface area contributed by atoms with E-state index in [-0.39, 0.29) is 6.10 Å². The van der Waals surface area contributed by atoms with Crippen LogP contribution in [0.25, 0.3) is 22.6 Å². The number of ether oxygens (including phenoxy) is 2. The molecule has 5 heteroatoms. The standard InChI is InChI=1S/C24H19NO3S/c1-3-9-17(10-4-1)22-23(18-11-5-2-6-12-18)28-24(25-22)29-16-19-15-26-20-13-7-8-14-21(20)27-19/h1-14,19H,15-16H2/t19-/m0/s1. The normalized spacial score (nSPS) is 15.2. The van der Waals surface area contributed by atoms with Crippen molar-refractivity contribution in [3.8, 4) is 34.1 Å². The molecule has 0 saturated carbocycles. The number of aromatic nitrogens is 1. The third-order valence-electron chi connectivity index (χ3n) is 4.65. The lowest BCUT2D eigenvalue weighted by molar-refractivity contribution is 0.107. The zero-order valence-electron chi connectivity index (χ0n) is 15.7. The van der Waals surface area contributed by atoms with Crippen LogP contribution in [0, 0.1) is 0 Å². The van der Waals surface area contributed by atoms with E-state index in [0.29, 0.717) is 17.6 Å². The highest BCUT2D eigenvalue weighted by atomic mass is 32.2. The van der Waals surface area contributed by atoms with Crippen molar-refractivity contribution in [1.82, 2.24) is 4.98 Å². The van der Waals surface area contributed by atoms with Gasteiger partial charge >= 0.3 is 0 Å². The zero-order chi connectivity index (χ0) is 19.5. The molecule has 4 aromatic rings. The number of oxazole rings is 1. The molecule has 0 unspecified atom stereocenters. The van der Waals surface area contributed by atoms with E-state index in [1.54, 1.807) is 11.8 Å². The first-order chi connectivity index (χ1) is 14.4. The van der Waals surface area contributed by atoms with Gasteiger partial charge in [-0.15, -0.1) is 0 Å². The first kappa shape index (κ1) is 17.9. The van der Waals surface area contributed by atoms with Crippen LogP contribution in [-0.4, -0.2) is 23.4 Å². The molecule has 1 aliphatic rings. The lowest BCUT2D eigenvalue weighted by atomic mass is 10.1. The molecule has 0 saturated heterocycles. The van der Waals surface area contributed by atoms with Crippen LogP contribution >= 0.6 is 11.8 Å². The van der Waals surface area contributed by atoms with Crippen LogP contribution in [0.3, 0.4) is 0 Å². The second-order valence-electron chi connectivity index (χ2n) is 6.70. The van der Waals surface area contributed by atoms with Gasteiger partial charge in [-0.2, -0.15) is 0 Å². The van der Waals surface area contributed by atoms with E-state index in [4.69, 9.17) is 18.9 Å². The first-order valence-electron chi connectivity index (χ1n) is 9.50. The molecular formula is C24H19NO3S. The number of rotatable bonds is 5. The molecular weight excluding hydrogens is 382 g/mol. The van der Waals surface area contributed by atoms with Crippen LogP contribution in [-0.2, 0) is 0 Å². The molecule has 1 aliphatic heterocycles. The van der Waals surface area contributed by atoms with Gasteiger partial charge in [0.2, 0.25) is 0 Å². The Morgan fingerprint density at radius 2 is 1.45 bits per heavy atom. The third-order valence-corrected chi connectivity index (χ3v) is 5.61. The molecule has 0 aliphatic carbocycles. The average molecular weight is 401 g/mol. The van der Waals surface area contributed by atoms with Gasteiger partial charge in [0.05, 0.1) is 0 Å². The van der Waals surface area contributed by atoms with Crippen molar-refractivity contribution in [2.24, 2.45) is 0 Å². The third kappa shape index (κ3) is 3.87. The van der Waals surface area contributed by atoms with Crippen LogP contribution in [0.1, 0.15) is 0 Å². The van der Waals surface area contributed by atoms with E-state index in [1.807, 2.05) is 84.9 Å². The summed E-state index contributed by atoms with van der Waals surface area (Å²) in [5, 5.41) is 0.630. The van der Waals surface area contributed by atoms with E-state index >= 15 is 0 Å². The number of benzene rings is 3. The number of thioether (sulfide) groups is 1. The van der Waals surface area contributed by atoms with E-state index in [9.17, 15) is 0 Å². The Kier molecular flexibility index (Phi) is 4.97. The summed E-state index contributed by atoms with van der Waals surface area (Å²) >= 11 is 1.54. The number of para-hydroxylation sites is 2. The molecule has 0 bridgehead atoms. The fourth-order valence-electron chi connectivity index (χ4n) is 3.25. The maximum absolute atomic E-state index is 6.17. The summed E-state index contributed by atoms with van der Waals surface area (Å²) in [7, 11) is 0. The Morgan fingerprint density at radius 1 is 0.793 bits per heavy atom. The molecule has 1 atom stereocenters. The van der Waals surface area contributed by atoms with Crippen molar-refractivity contribution in [2.75, 3.05) is 12.4 Å². The number of fused-ring (bicyclic) bond motifs is 1. The smallest absolute Gasteiger partial charge is 0.256 e. The molecule has 2 heterocycles. The molecule has 29 heavy (non-hydrogen) atoms. The van der Waals surface area contributed by atoms with Gasteiger partial charge in [-0.25, -0.2) is 4.98 Å². The summed E-state index contributed by atoms with van der Waals surface area (Å²) in [4.78, 5) is 4.79. The minimum Gasteiger partial charge on any atom is -0.486 e. The maximum atomic E-state index is 6.17. The highest BCUT2D eigenvalue weighted by molar-refractivity contribution is 7.99. The average Bonchev–Trinajstić information content (AvgIpc) is 3.23. The SMILES string of the molecule is c1ccc(-c2nc(SC[C@@H]3COc4ccccc4O3)oc2-c2ccccc2)cc1. The van der Waals surface area contributed by atoms with E-state index < -0.39 is 0 Å². The lowest BCUT2D eigenvalue weighted by Crippen LogP contribution is -2.31. The second-order valence-corrected chi connectivity index (χ2v) is 7.67. The number of hydrogen-bond donors (Lipinski definition) is 0. The largest absolute Gasteiger partial charge is 0.486 e. The van der Waals surface area contributed by atoms with Crippen molar-refractivity contribution in [1.29, 1.82) is 0 Å². The second kappa shape index (κ2) is 8.05. The molecule has 5 rings (SSSR count). The van der Waals surface area contributed by atoms with Gasteiger partial charge in [0.1, 0.15) is 18.4 Å². The van der Waals surface area contributed by atoms with Crippen molar-refractivity contribution < 1.29 is 13.9 Å². The Hall–Kier alpha value is -3.18. The summed E-state index contributed by atoms with van der Waals surface area (Å²) in [6, 6.07) is 27.9. The summed E-state index contributed by atoms with van der Waals surface area (Å²) in [5.74, 6) is 3.05. The summed E-state index contributed by atoms with van der Waals surface area (Å²) < 4.78 is 18.0. The lowest BCUT2D eigenvalue weighted by Gasteiger charge is -2.25. The van der Waals surface area contributed by atoms with E-state index in [0.717, 1.165) is 34.1 Å². The van der Waals surface area contributed by atoms with E-state index in [2.05, 4.69) is 0 Å². The van der Waals surface area contributed by atoms with Crippen LogP contribution in [0.5, 0.6) is 11.5 Å². The summed E-state index contributed by atoms with van der Waals surface area (Å²) in [6.45, 7) is 0.516. The highest BCUT2D eigenvalue weighted by Gasteiger charge is 2.23. The van der Waals surface area contributed by atoms with Crippen LogP contribution in [0.2, 0.25) is 0 Å². The van der Waals surface area contributed by atoms with Gasteiger partial charge < -0.3 is 13.9 Å². The molecule has 0 spiro atoms. The van der Waals surface area contributed by atoms with Crippen molar-refractivity contribution in [3.05, 3.63) is 84.9 Å². The molecule has 0 fully saturated rings. The summed E-state index contributed by atoms with van der Waals surface area (Å²) in [6.07, 6.45) is -0.0536. The Morgan fingerprint density at radius 3 is 2.21 bits per heavy atom. The highest BCUT2D eigenvalue weighted by Crippen LogP contribution is 2.37. The van der Waals surface area contributed by atoms with Crippen LogP contribution in [0.15, 0.2) is 94.6 Å². The minimum atomic E-state index is -0.0536. The van der Waals surface area contributed by atoms with Gasteiger partial charge in [0, 0.05) is 16.9 Å². The molecule has 0 amide bonds. The van der Waals surface area contributed by atoms with E-state index in [1.165, 1.54) is 0 Å². The predicted molar refractivity (Wildman–Crippen MR) is 114 cm³/mol. The fraction of sp³-hybridized carbons (Fsp3) is 0.125. The van der Waals surface area contributed by atoms with Gasteiger partial charge in [-0.1, -0.05) is 84.6 Å². The minimum absolute atomic E-state index is 0.0536. The molecule has 4 nitrogen and oxygen atoms in total. The molecule has 1 aromatic heterocycles. The van der Waals surface area contributed by atoms with Gasteiger partial charge in [0.25, 0.3) is 5.22 Å². The predicted octanol–water partition coefficient (Wildman–Crippen LogP) is 5.94.